The van der Waals surface area contributed by atoms with Gasteiger partial charge in [0.25, 0.3) is 5.91 Å². The normalized spacial score (nSPS) is 17.5. The Hall–Kier alpha value is -2.84. The third kappa shape index (κ3) is 5.34. The summed E-state index contributed by atoms with van der Waals surface area (Å²) in [6.07, 6.45) is -0.189. The highest BCUT2D eigenvalue weighted by Crippen LogP contribution is 2.29. The molecule has 2 unspecified atom stereocenters. The van der Waals surface area contributed by atoms with Crippen LogP contribution in [-0.2, 0) is 16.1 Å². The Labute approximate surface area is 167 Å². The Balaban J connectivity index is 1.46. The van der Waals surface area contributed by atoms with Crippen molar-refractivity contribution in [2.75, 3.05) is 6.61 Å². The lowest BCUT2D eigenvalue weighted by molar-refractivity contribution is -0.164. The molecule has 2 aromatic carbocycles. The van der Waals surface area contributed by atoms with Crippen molar-refractivity contribution >= 4 is 29.0 Å². The fraction of sp³-hybridized carbons (Fsp3) is 0.250. The Morgan fingerprint density at radius 3 is 2.43 bits per heavy atom. The van der Waals surface area contributed by atoms with Crippen LogP contribution in [0, 0.1) is 0 Å². The van der Waals surface area contributed by atoms with E-state index in [1.807, 2.05) is 36.4 Å². The number of rotatable bonds is 7. The minimum atomic E-state index is -0.641. The van der Waals surface area contributed by atoms with Gasteiger partial charge in [-0.1, -0.05) is 48.5 Å². The molecular formula is C20H20N2O5S. The quantitative estimate of drug-likeness (QED) is 0.767. The van der Waals surface area contributed by atoms with Crippen LogP contribution in [0.5, 0.6) is 5.75 Å². The van der Waals surface area contributed by atoms with Gasteiger partial charge in [0.05, 0.1) is 17.9 Å². The highest BCUT2D eigenvalue weighted by molar-refractivity contribution is 8.15. The van der Waals surface area contributed by atoms with Crippen molar-refractivity contribution in [1.82, 2.24) is 10.4 Å². The number of hydrogen-bond donors (Lipinski definition) is 1. The van der Waals surface area contributed by atoms with Crippen LogP contribution in [0.15, 0.2) is 60.7 Å². The second kappa shape index (κ2) is 9.38. The topological polar surface area (TPSA) is 84.9 Å². The number of para-hydroxylation sites is 1. The maximum atomic E-state index is 12.4. The van der Waals surface area contributed by atoms with Crippen LogP contribution < -0.4 is 10.1 Å². The van der Waals surface area contributed by atoms with Crippen LogP contribution >= 0.6 is 11.8 Å². The molecule has 3 rings (SSSR count). The van der Waals surface area contributed by atoms with Gasteiger partial charge >= 0.3 is 11.3 Å². The van der Waals surface area contributed by atoms with E-state index in [9.17, 15) is 14.4 Å². The zero-order chi connectivity index (χ0) is 19.9. The summed E-state index contributed by atoms with van der Waals surface area (Å²) in [5, 5.41) is 2.40. The number of carbonyl (C=O) groups excluding carboxylic acids is 3. The summed E-state index contributed by atoms with van der Waals surface area (Å²) < 4.78 is 5.13. The van der Waals surface area contributed by atoms with Crippen LogP contribution in [0.2, 0.25) is 0 Å². The number of imide groups is 1. The summed E-state index contributed by atoms with van der Waals surface area (Å²) in [5.41, 5.74) is 0.974. The maximum Gasteiger partial charge on any atom is 0.412 e. The molecule has 1 aliphatic rings. The predicted octanol–water partition coefficient (Wildman–Crippen LogP) is 3.40. The number of thioether (sulfide) groups is 1. The molecule has 1 fully saturated rings. The largest absolute Gasteiger partial charge is 0.412 e. The molecule has 146 valence electrons. The van der Waals surface area contributed by atoms with Crippen molar-refractivity contribution in [3.05, 3.63) is 66.2 Å². The first-order valence-electron chi connectivity index (χ1n) is 8.78. The first-order chi connectivity index (χ1) is 13.5. The lowest BCUT2D eigenvalue weighted by Crippen LogP contribution is -2.41. The van der Waals surface area contributed by atoms with Gasteiger partial charge in [0.15, 0.2) is 0 Å². The fourth-order valence-electron chi connectivity index (χ4n) is 2.57. The van der Waals surface area contributed by atoms with Gasteiger partial charge < -0.3 is 10.1 Å². The van der Waals surface area contributed by atoms with E-state index in [0.717, 1.165) is 22.4 Å². The van der Waals surface area contributed by atoms with Gasteiger partial charge in [0.2, 0.25) is 0 Å². The second-order valence-electron chi connectivity index (χ2n) is 6.24. The molecule has 28 heavy (non-hydrogen) atoms. The zero-order valence-electron chi connectivity index (χ0n) is 15.2. The number of nitrogens with zero attached hydrogens (tertiary/aromatic N) is 1. The molecule has 0 radical (unpaired) electrons. The van der Waals surface area contributed by atoms with Crippen molar-refractivity contribution in [2.45, 2.75) is 24.6 Å². The monoisotopic (exact) mass is 400 g/mol. The van der Waals surface area contributed by atoms with Gasteiger partial charge in [-0.3, -0.25) is 14.4 Å². The Bertz CT molecular complexity index is 831. The minimum absolute atomic E-state index is 0.0417. The number of nitrogens with one attached hydrogen (secondary N) is 1. The van der Waals surface area contributed by atoms with Gasteiger partial charge in [-0.25, -0.2) is 4.79 Å². The average Bonchev–Trinajstić information content (AvgIpc) is 2.94. The van der Waals surface area contributed by atoms with E-state index in [-0.39, 0.29) is 6.61 Å². The molecule has 2 atom stereocenters. The molecule has 8 heteroatoms. The van der Waals surface area contributed by atoms with E-state index in [1.165, 1.54) is 0 Å². The van der Waals surface area contributed by atoms with E-state index in [0.29, 0.717) is 12.2 Å². The average molecular weight is 400 g/mol. The van der Waals surface area contributed by atoms with Gasteiger partial charge in [-0.15, -0.1) is 5.06 Å². The molecule has 1 aliphatic heterocycles. The van der Waals surface area contributed by atoms with E-state index in [4.69, 9.17) is 9.57 Å². The fourth-order valence-corrected chi connectivity index (χ4v) is 3.52. The molecular weight excluding hydrogens is 380 g/mol. The molecule has 0 bridgehead atoms. The van der Waals surface area contributed by atoms with Gasteiger partial charge in [0, 0.05) is 0 Å². The molecule has 0 saturated carbocycles. The van der Waals surface area contributed by atoms with E-state index in [2.05, 4.69) is 5.32 Å². The summed E-state index contributed by atoms with van der Waals surface area (Å²) in [5.74, 6) is 0.0242. The van der Waals surface area contributed by atoms with Crippen LogP contribution in [0.4, 0.5) is 9.59 Å². The molecule has 0 aromatic heterocycles. The van der Waals surface area contributed by atoms with Crippen LogP contribution in [0.3, 0.4) is 0 Å². The Kier molecular flexibility index (Phi) is 6.67. The Morgan fingerprint density at radius 2 is 1.75 bits per heavy atom. The maximum absolute atomic E-state index is 12.4. The molecule has 7 nitrogen and oxygen atoms in total. The third-order valence-corrected chi connectivity index (χ3v) is 4.94. The highest BCUT2D eigenvalue weighted by atomic mass is 32.2. The summed E-state index contributed by atoms with van der Waals surface area (Å²) in [6.45, 7) is 1.64. The highest BCUT2D eigenvalue weighted by Gasteiger charge is 2.41. The lowest BCUT2D eigenvalue weighted by atomic mass is 10.1. The van der Waals surface area contributed by atoms with E-state index >= 15 is 0 Å². The van der Waals surface area contributed by atoms with E-state index in [1.54, 1.807) is 31.2 Å². The van der Waals surface area contributed by atoms with Crippen LogP contribution in [0.1, 0.15) is 12.5 Å². The number of hydroxylamine groups is 2. The van der Waals surface area contributed by atoms with Crippen molar-refractivity contribution in [3.8, 4) is 5.75 Å². The lowest BCUT2D eigenvalue weighted by Gasteiger charge is -2.18. The number of carbonyl (C=O) groups is 3. The second-order valence-corrected chi connectivity index (χ2v) is 7.39. The van der Waals surface area contributed by atoms with Crippen molar-refractivity contribution in [1.29, 1.82) is 0 Å². The number of benzene rings is 2. The molecule has 1 heterocycles. The van der Waals surface area contributed by atoms with Gasteiger partial charge in [-0.2, -0.15) is 0 Å². The molecule has 2 aromatic rings. The summed E-state index contributed by atoms with van der Waals surface area (Å²) in [4.78, 5) is 41.7. The van der Waals surface area contributed by atoms with Gasteiger partial charge in [0.1, 0.15) is 5.75 Å². The van der Waals surface area contributed by atoms with Crippen molar-refractivity contribution in [2.24, 2.45) is 0 Å². The number of ether oxygens (including phenoxy) is 1. The standard InChI is InChI=1S/C20H20N2O5S/c1-14(21-19(24)27-16-10-6-3-7-11-16)13-26-22-18(23)17(28-20(22)25)12-15-8-4-2-5-9-15/h2-11,14,17H,12-13H2,1H3,(H,21,24). The summed E-state index contributed by atoms with van der Waals surface area (Å²) in [6, 6.07) is 17.7. The predicted molar refractivity (Wildman–Crippen MR) is 105 cm³/mol. The minimum Gasteiger partial charge on any atom is -0.410 e. The third-order valence-electron chi connectivity index (χ3n) is 3.92. The molecule has 0 spiro atoms. The molecule has 1 N–H and O–H groups in total. The molecule has 3 amide bonds. The summed E-state index contributed by atoms with van der Waals surface area (Å²) >= 11 is 0.944. The molecule has 1 saturated heterocycles. The van der Waals surface area contributed by atoms with Crippen LogP contribution in [-0.4, -0.2) is 40.2 Å². The number of hydrogen-bond acceptors (Lipinski definition) is 6. The van der Waals surface area contributed by atoms with Gasteiger partial charge in [-0.05, 0) is 42.8 Å². The van der Waals surface area contributed by atoms with E-state index < -0.39 is 28.5 Å². The first kappa shape index (κ1) is 19.9. The van der Waals surface area contributed by atoms with Crippen molar-refractivity contribution in [3.63, 3.8) is 0 Å². The molecule has 0 aliphatic carbocycles. The van der Waals surface area contributed by atoms with Crippen LogP contribution in [0.25, 0.3) is 0 Å². The number of amides is 3. The van der Waals surface area contributed by atoms with Crippen molar-refractivity contribution < 1.29 is 24.0 Å². The zero-order valence-corrected chi connectivity index (χ0v) is 16.1. The smallest absolute Gasteiger partial charge is 0.410 e. The first-order valence-corrected chi connectivity index (χ1v) is 9.65. The SMILES string of the molecule is CC(CON1C(=O)SC(Cc2ccccc2)C1=O)NC(=O)Oc1ccccc1. The Morgan fingerprint density at radius 1 is 1.11 bits per heavy atom. The summed E-state index contributed by atoms with van der Waals surface area (Å²) in [7, 11) is 0.